The van der Waals surface area contributed by atoms with E-state index in [9.17, 15) is 4.79 Å². The number of hydrogen-bond acceptors (Lipinski definition) is 4. The highest BCUT2D eigenvalue weighted by Gasteiger charge is 2.52. The Kier molecular flexibility index (Phi) is 3.48. The van der Waals surface area contributed by atoms with E-state index >= 15 is 0 Å². The number of nitrogens with one attached hydrogen (secondary N) is 1. The molecule has 2 heterocycles. The van der Waals surface area contributed by atoms with Gasteiger partial charge in [-0.1, -0.05) is 54.6 Å². The van der Waals surface area contributed by atoms with Gasteiger partial charge in [-0.2, -0.15) is 0 Å². The number of carbonyl (C=O) groups is 1. The van der Waals surface area contributed by atoms with Gasteiger partial charge in [-0.3, -0.25) is 4.79 Å². The second-order valence-corrected chi connectivity index (χ2v) is 9.64. The summed E-state index contributed by atoms with van der Waals surface area (Å²) in [6.45, 7) is 8.29. The summed E-state index contributed by atoms with van der Waals surface area (Å²) in [4.78, 5) is 13.2. The molecule has 1 fully saturated rings. The topological polar surface area (TPSA) is 47.6 Å². The highest BCUT2D eigenvalue weighted by molar-refractivity contribution is 6.55. The molecule has 2 aliphatic carbocycles. The van der Waals surface area contributed by atoms with Crippen LogP contribution in [0.4, 0.5) is 5.69 Å². The van der Waals surface area contributed by atoms with E-state index < -0.39 is 0 Å². The molecule has 4 nitrogen and oxygen atoms in total. The van der Waals surface area contributed by atoms with E-state index in [4.69, 9.17) is 9.31 Å². The standard InChI is InChI=1S/C25H24BNO3/c1-24(2)25(3,4)30-26(29-24)14-9-12-20-19(13-14)17-11-10-16-15-7-5-6-8-18(15)23(28)21(16)22(17)27-20/h5-13,19-20,27H,1-4H3. The largest absolute Gasteiger partial charge is 0.494 e. The van der Waals surface area contributed by atoms with Crippen molar-refractivity contribution < 1.29 is 14.1 Å². The molecule has 0 saturated carbocycles. The van der Waals surface area contributed by atoms with E-state index in [0.29, 0.717) is 0 Å². The normalized spacial score (nSPS) is 26.6. The number of benzene rings is 2. The fourth-order valence-electron chi connectivity index (χ4n) is 4.99. The number of ketones is 1. The van der Waals surface area contributed by atoms with Crippen LogP contribution in [0.15, 0.2) is 60.1 Å². The highest BCUT2D eigenvalue weighted by atomic mass is 16.7. The minimum atomic E-state index is -0.378. The Bertz CT molecular complexity index is 1160. The molecule has 150 valence electrons. The van der Waals surface area contributed by atoms with Gasteiger partial charge in [0.15, 0.2) is 5.78 Å². The maximum Gasteiger partial charge on any atom is 0.494 e. The molecule has 2 aliphatic heterocycles. The van der Waals surface area contributed by atoms with Gasteiger partial charge in [0.05, 0.1) is 28.5 Å². The summed E-state index contributed by atoms with van der Waals surface area (Å²) in [6, 6.07) is 12.3. The molecule has 5 heteroatoms. The summed E-state index contributed by atoms with van der Waals surface area (Å²) in [6.07, 6.45) is 6.51. The lowest BCUT2D eigenvalue weighted by atomic mass is 9.72. The SMILES string of the molecule is CC1(C)OB(C2=CC3c4ccc5c(c4NC3C=C2)C(=O)c2ccccc2-5)OC1(C)C. The molecule has 2 aromatic rings. The lowest BCUT2D eigenvalue weighted by Gasteiger charge is -2.32. The van der Waals surface area contributed by atoms with E-state index in [1.165, 1.54) is 5.56 Å². The summed E-state index contributed by atoms with van der Waals surface area (Å²) in [5.41, 5.74) is 6.10. The van der Waals surface area contributed by atoms with Crippen molar-refractivity contribution in [1.29, 1.82) is 0 Å². The van der Waals surface area contributed by atoms with Gasteiger partial charge in [-0.15, -0.1) is 0 Å². The van der Waals surface area contributed by atoms with Crippen molar-refractivity contribution in [1.82, 2.24) is 0 Å². The van der Waals surface area contributed by atoms with Gasteiger partial charge in [0, 0.05) is 11.5 Å². The molecule has 1 N–H and O–H groups in total. The van der Waals surface area contributed by atoms with E-state index in [1.807, 2.05) is 24.3 Å². The van der Waals surface area contributed by atoms with Crippen LogP contribution < -0.4 is 5.32 Å². The van der Waals surface area contributed by atoms with Crippen LogP contribution in [-0.4, -0.2) is 30.1 Å². The van der Waals surface area contributed by atoms with Crippen molar-refractivity contribution in [2.75, 3.05) is 5.32 Å². The van der Waals surface area contributed by atoms with E-state index in [2.05, 4.69) is 63.4 Å². The van der Waals surface area contributed by atoms with Gasteiger partial charge < -0.3 is 14.6 Å². The molecule has 6 rings (SSSR count). The zero-order valence-electron chi connectivity index (χ0n) is 17.7. The Labute approximate surface area is 177 Å². The fraction of sp³-hybridized carbons (Fsp3) is 0.320. The summed E-state index contributed by atoms with van der Waals surface area (Å²) in [7, 11) is -0.378. The fourth-order valence-corrected chi connectivity index (χ4v) is 4.99. The number of anilines is 1. The van der Waals surface area contributed by atoms with Crippen molar-refractivity contribution in [3.05, 3.63) is 76.8 Å². The molecule has 0 amide bonds. The molecule has 0 spiro atoms. The van der Waals surface area contributed by atoms with Crippen molar-refractivity contribution in [3.63, 3.8) is 0 Å². The van der Waals surface area contributed by atoms with E-state index in [0.717, 1.165) is 33.4 Å². The molecule has 2 atom stereocenters. The van der Waals surface area contributed by atoms with Crippen LogP contribution in [0.5, 0.6) is 0 Å². The van der Waals surface area contributed by atoms with Gasteiger partial charge in [0.2, 0.25) is 0 Å². The van der Waals surface area contributed by atoms with Crippen LogP contribution in [0.1, 0.15) is 55.1 Å². The summed E-state index contributed by atoms with van der Waals surface area (Å²) < 4.78 is 12.5. The van der Waals surface area contributed by atoms with Crippen molar-refractivity contribution in [2.45, 2.75) is 50.9 Å². The third kappa shape index (κ3) is 2.28. The van der Waals surface area contributed by atoms with Crippen LogP contribution in [0.2, 0.25) is 0 Å². The molecule has 0 bridgehead atoms. The molecule has 0 aromatic heterocycles. The van der Waals surface area contributed by atoms with Gasteiger partial charge in [0.1, 0.15) is 0 Å². The molecule has 2 aromatic carbocycles. The molecule has 1 saturated heterocycles. The zero-order valence-corrected chi connectivity index (χ0v) is 17.7. The predicted octanol–water partition coefficient (Wildman–Crippen LogP) is 4.90. The summed E-state index contributed by atoms with van der Waals surface area (Å²) in [5, 5.41) is 3.61. The molecule has 2 unspecified atom stereocenters. The first-order valence-electron chi connectivity index (χ1n) is 10.6. The van der Waals surface area contributed by atoms with Gasteiger partial charge in [-0.05, 0) is 49.9 Å². The number of hydrogen-bond donors (Lipinski definition) is 1. The minimum absolute atomic E-state index is 0.114. The summed E-state index contributed by atoms with van der Waals surface area (Å²) >= 11 is 0. The van der Waals surface area contributed by atoms with Crippen LogP contribution in [0, 0.1) is 0 Å². The minimum Gasteiger partial charge on any atom is -0.399 e. The average Bonchev–Trinajstić information content (AvgIpc) is 3.29. The van der Waals surface area contributed by atoms with E-state index in [1.54, 1.807) is 0 Å². The number of rotatable bonds is 1. The first kappa shape index (κ1) is 18.2. The number of carbonyl (C=O) groups excluding carboxylic acids is 1. The van der Waals surface area contributed by atoms with Gasteiger partial charge >= 0.3 is 7.12 Å². The van der Waals surface area contributed by atoms with Crippen LogP contribution in [-0.2, 0) is 9.31 Å². The van der Waals surface area contributed by atoms with Crippen molar-refractivity contribution >= 4 is 18.6 Å². The number of allylic oxidation sites excluding steroid dienone is 2. The zero-order chi connectivity index (χ0) is 20.8. The number of fused-ring (bicyclic) bond motifs is 7. The van der Waals surface area contributed by atoms with Gasteiger partial charge in [-0.25, -0.2) is 0 Å². The third-order valence-corrected chi connectivity index (χ3v) is 7.38. The van der Waals surface area contributed by atoms with Gasteiger partial charge in [0.25, 0.3) is 0 Å². The smallest absolute Gasteiger partial charge is 0.399 e. The van der Waals surface area contributed by atoms with Crippen LogP contribution >= 0.6 is 0 Å². The first-order valence-corrected chi connectivity index (χ1v) is 10.6. The second kappa shape index (κ2) is 5.74. The van der Waals surface area contributed by atoms with Crippen molar-refractivity contribution in [2.24, 2.45) is 0 Å². The quantitative estimate of drug-likeness (QED) is 0.594. The molecular weight excluding hydrogens is 373 g/mol. The lowest BCUT2D eigenvalue weighted by Crippen LogP contribution is -2.41. The highest BCUT2D eigenvalue weighted by Crippen LogP contribution is 2.49. The van der Waals surface area contributed by atoms with E-state index in [-0.39, 0.29) is 36.1 Å². The lowest BCUT2D eigenvalue weighted by molar-refractivity contribution is 0.00578. The third-order valence-electron chi connectivity index (χ3n) is 7.38. The maximum atomic E-state index is 13.2. The predicted molar refractivity (Wildman–Crippen MR) is 119 cm³/mol. The Balaban J connectivity index is 1.40. The second-order valence-electron chi connectivity index (χ2n) is 9.64. The first-order chi connectivity index (χ1) is 14.3. The Morgan fingerprint density at radius 2 is 1.63 bits per heavy atom. The maximum absolute atomic E-state index is 13.2. The molecule has 0 radical (unpaired) electrons. The molecule has 30 heavy (non-hydrogen) atoms. The average molecular weight is 397 g/mol. The Morgan fingerprint density at radius 3 is 2.37 bits per heavy atom. The van der Waals surface area contributed by atoms with Crippen LogP contribution in [0.25, 0.3) is 11.1 Å². The van der Waals surface area contributed by atoms with Crippen LogP contribution in [0.3, 0.4) is 0 Å². The monoisotopic (exact) mass is 397 g/mol. The Hall–Kier alpha value is -2.63. The van der Waals surface area contributed by atoms with Crippen molar-refractivity contribution in [3.8, 4) is 11.1 Å². The summed E-state index contributed by atoms with van der Waals surface area (Å²) in [5.74, 6) is 0.267. The Morgan fingerprint density at radius 1 is 0.933 bits per heavy atom. The molecular formula is C25H24BNO3. The molecule has 4 aliphatic rings.